The van der Waals surface area contributed by atoms with E-state index in [1.54, 1.807) is 0 Å². The Hall–Kier alpha value is -1.94. The number of ether oxygens (including phenoxy) is 4. The monoisotopic (exact) mass is 1380 g/mol. The van der Waals surface area contributed by atoms with Crippen molar-refractivity contribution in [3.8, 4) is 0 Å². The first-order valence-corrected chi connectivity index (χ1v) is 41.8. The molecule has 0 fully saturated rings. The molecule has 17 nitrogen and oxygen atoms in total. The second-order valence-corrected chi connectivity index (χ2v) is 31.4. The minimum absolute atomic E-state index is 0.105. The predicted octanol–water partition coefficient (Wildman–Crippen LogP) is 21.7. The van der Waals surface area contributed by atoms with Crippen LogP contribution in [0.2, 0.25) is 0 Å². The molecule has 0 spiro atoms. The van der Waals surface area contributed by atoms with Crippen molar-refractivity contribution in [2.24, 2.45) is 23.7 Å². The molecule has 94 heavy (non-hydrogen) atoms. The van der Waals surface area contributed by atoms with E-state index < -0.39 is 97.5 Å². The van der Waals surface area contributed by atoms with Gasteiger partial charge in [0, 0.05) is 25.7 Å². The molecule has 0 rings (SSSR count). The Kier molecular flexibility index (Phi) is 63.1. The lowest BCUT2D eigenvalue weighted by Gasteiger charge is -2.21. The van der Waals surface area contributed by atoms with E-state index in [2.05, 4.69) is 55.4 Å². The second-order valence-electron chi connectivity index (χ2n) is 28.5. The number of carbonyl (C=O) groups is 4. The van der Waals surface area contributed by atoms with Crippen molar-refractivity contribution < 1.29 is 80.2 Å². The summed E-state index contributed by atoms with van der Waals surface area (Å²) in [5.41, 5.74) is 0. The summed E-state index contributed by atoms with van der Waals surface area (Å²) in [5, 5.41) is 10.6. The topological polar surface area (TPSA) is 237 Å². The molecule has 558 valence electrons. The zero-order chi connectivity index (χ0) is 69.6. The summed E-state index contributed by atoms with van der Waals surface area (Å²) in [6, 6.07) is 0. The lowest BCUT2D eigenvalue weighted by atomic mass is 9.99. The van der Waals surface area contributed by atoms with Gasteiger partial charge in [-0.05, 0) is 49.4 Å². The Balaban J connectivity index is 5.27. The molecule has 0 amide bonds. The van der Waals surface area contributed by atoms with Crippen LogP contribution in [0.15, 0.2) is 0 Å². The van der Waals surface area contributed by atoms with Crippen molar-refractivity contribution in [2.45, 2.75) is 395 Å². The van der Waals surface area contributed by atoms with Crippen LogP contribution in [0.5, 0.6) is 0 Å². The number of hydrogen-bond acceptors (Lipinski definition) is 15. The quantitative estimate of drug-likeness (QED) is 0.0222. The molecule has 0 radical (unpaired) electrons. The maximum atomic E-state index is 13.1. The minimum Gasteiger partial charge on any atom is -0.462 e. The van der Waals surface area contributed by atoms with Gasteiger partial charge in [-0.1, -0.05) is 325 Å². The van der Waals surface area contributed by atoms with Gasteiger partial charge in [-0.2, -0.15) is 0 Å². The first-order valence-electron chi connectivity index (χ1n) is 38.8. The Morgan fingerprint density at radius 3 is 0.755 bits per heavy atom. The van der Waals surface area contributed by atoms with Crippen molar-refractivity contribution in [1.29, 1.82) is 0 Å². The molecule has 0 aromatic carbocycles. The summed E-state index contributed by atoms with van der Waals surface area (Å²) in [4.78, 5) is 72.8. The zero-order valence-corrected chi connectivity index (χ0v) is 63.4. The molecule has 3 N–H and O–H groups in total. The fourth-order valence-corrected chi connectivity index (χ4v) is 12.9. The van der Waals surface area contributed by atoms with Crippen LogP contribution in [-0.2, 0) is 65.4 Å². The molecule has 0 aliphatic rings. The number of hydrogen-bond donors (Lipinski definition) is 3. The fraction of sp³-hybridized carbons (Fsp3) is 0.947. The molecule has 0 bridgehead atoms. The summed E-state index contributed by atoms with van der Waals surface area (Å²) >= 11 is 0. The van der Waals surface area contributed by atoms with Gasteiger partial charge >= 0.3 is 39.5 Å². The standard InChI is InChI=1S/C75H146O17P2/c1-9-67(7)53-45-37-29-23-19-20-24-30-39-47-55-72(77)85-61-70(91-74(79)57-49-41-31-25-17-13-11-15-21-27-35-43-51-65(3)4)63-89-93(81,82)87-59-69(76)60-88-94(83,84)90-64-71(62-86-73(78)56-48-40-34-33-38-46-54-68(8)10-2)92-75(80)58-50-42-32-26-18-14-12-16-22-28-36-44-52-66(5)6/h65-71,76H,9-64H2,1-8H3,(H,81,82)(H,83,84)/t67?,68?,69-,70-,71-/m1/s1. The largest absolute Gasteiger partial charge is 0.472 e. The highest BCUT2D eigenvalue weighted by Crippen LogP contribution is 2.45. The molecule has 0 saturated heterocycles. The van der Waals surface area contributed by atoms with Crippen LogP contribution in [-0.4, -0.2) is 96.7 Å². The van der Waals surface area contributed by atoms with Crippen LogP contribution in [0, 0.1) is 23.7 Å². The number of carbonyl (C=O) groups excluding carboxylic acids is 4. The average molecular weight is 1380 g/mol. The number of rotatable bonds is 72. The molecule has 0 saturated carbocycles. The minimum atomic E-state index is -4.96. The Morgan fingerprint density at radius 1 is 0.298 bits per heavy atom. The Morgan fingerprint density at radius 2 is 0.511 bits per heavy atom. The van der Waals surface area contributed by atoms with E-state index in [0.29, 0.717) is 25.7 Å². The van der Waals surface area contributed by atoms with E-state index in [9.17, 15) is 43.2 Å². The van der Waals surface area contributed by atoms with E-state index in [4.69, 9.17) is 37.0 Å². The highest BCUT2D eigenvalue weighted by atomic mass is 31.2. The van der Waals surface area contributed by atoms with E-state index in [1.807, 2.05) is 0 Å². The number of aliphatic hydroxyl groups excluding tert-OH is 1. The molecular formula is C75H146O17P2. The molecule has 0 aromatic rings. The van der Waals surface area contributed by atoms with Gasteiger partial charge in [0.15, 0.2) is 12.2 Å². The smallest absolute Gasteiger partial charge is 0.462 e. The summed E-state index contributed by atoms with van der Waals surface area (Å²) < 4.78 is 68.5. The SMILES string of the molecule is CCC(C)CCCCCCCCCCCCC(=O)OC[C@H](COP(=O)(O)OC[C@@H](O)COP(=O)(O)OC[C@@H](COC(=O)CCCCCCCCC(C)CC)OC(=O)CCCCCCCCCCCCCCC(C)C)OC(=O)CCCCCCCCCCCCCCC(C)C. The van der Waals surface area contributed by atoms with Crippen molar-refractivity contribution >= 4 is 39.5 Å². The van der Waals surface area contributed by atoms with Crippen LogP contribution in [0.25, 0.3) is 0 Å². The number of unbranched alkanes of at least 4 members (excludes halogenated alkanes) is 36. The average Bonchev–Trinajstić information content (AvgIpc) is 1.29. The van der Waals surface area contributed by atoms with E-state index in [0.717, 1.165) is 120 Å². The van der Waals surface area contributed by atoms with Gasteiger partial charge in [0.25, 0.3) is 0 Å². The van der Waals surface area contributed by atoms with Crippen LogP contribution in [0.4, 0.5) is 0 Å². The third kappa shape index (κ3) is 66.0. The molecule has 19 heteroatoms. The highest BCUT2D eigenvalue weighted by Gasteiger charge is 2.30. The van der Waals surface area contributed by atoms with Crippen LogP contribution in [0.3, 0.4) is 0 Å². The summed E-state index contributed by atoms with van der Waals surface area (Å²) in [7, 11) is -9.91. The maximum absolute atomic E-state index is 13.1. The first-order chi connectivity index (χ1) is 45.2. The maximum Gasteiger partial charge on any atom is 0.472 e. The number of aliphatic hydroxyl groups is 1. The van der Waals surface area contributed by atoms with Gasteiger partial charge in [0.1, 0.15) is 19.3 Å². The molecule has 4 unspecified atom stereocenters. The molecular weight excluding hydrogens is 1230 g/mol. The van der Waals surface area contributed by atoms with Gasteiger partial charge in [-0.25, -0.2) is 9.13 Å². The molecule has 0 aliphatic carbocycles. The summed E-state index contributed by atoms with van der Waals surface area (Å²) in [6.45, 7) is 14.2. The number of phosphoric acid groups is 2. The lowest BCUT2D eigenvalue weighted by molar-refractivity contribution is -0.161. The van der Waals surface area contributed by atoms with Crippen molar-refractivity contribution in [3.63, 3.8) is 0 Å². The fourth-order valence-electron chi connectivity index (χ4n) is 11.3. The van der Waals surface area contributed by atoms with Gasteiger partial charge in [0.05, 0.1) is 26.4 Å². The first kappa shape index (κ1) is 92.1. The van der Waals surface area contributed by atoms with Crippen LogP contribution in [0.1, 0.15) is 376 Å². The van der Waals surface area contributed by atoms with Crippen molar-refractivity contribution in [1.82, 2.24) is 0 Å². The van der Waals surface area contributed by atoms with E-state index in [-0.39, 0.29) is 25.7 Å². The van der Waals surface area contributed by atoms with E-state index in [1.165, 1.54) is 173 Å². The Labute approximate surface area is 575 Å². The van der Waals surface area contributed by atoms with Gasteiger partial charge in [-0.15, -0.1) is 0 Å². The molecule has 0 aliphatic heterocycles. The number of esters is 4. The summed E-state index contributed by atoms with van der Waals surface area (Å²) in [5.74, 6) is 0.972. The third-order valence-electron chi connectivity index (χ3n) is 18.0. The molecule has 0 aromatic heterocycles. The zero-order valence-electron chi connectivity index (χ0n) is 61.6. The Bertz CT molecular complexity index is 1850. The normalized spacial score (nSPS) is 14.7. The van der Waals surface area contributed by atoms with Gasteiger partial charge in [0.2, 0.25) is 0 Å². The van der Waals surface area contributed by atoms with Crippen LogP contribution >= 0.6 is 15.6 Å². The molecule has 7 atom stereocenters. The second kappa shape index (κ2) is 64.4. The van der Waals surface area contributed by atoms with Gasteiger partial charge < -0.3 is 33.8 Å². The number of phosphoric ester groups is 2. The van der Waals surface area contributed by atoms with E-state index >= 15 is 0 Å². The predicted molar refractivity (Wildman–Crippen MR) is 381 cm³/mol. The van der Waals surface area contributed by atoms with Crippen LogP contribution < -0.4 is 0 Å². The lowest BCUT2D eigenvalue weighted by Crippen LogP contribution is -2.30. The van der Waals surface area contributed by atoms with Gasteiger partial charge in [-0.3, -0.25) is 37.3 Å². The van der Waals surface area contributed by atoms with Crippen molar-refractivity contribution in [3.05, 3.63) is 0 Å². The molecule has 0 heterocycles. The third-order valence-corrected chi connectivity index (χ3v) is 19.9. The highest BCUT2D eigenvalue weighted by molar-refractivity contribution is 7.47. The summed E-state index contributed by atoms with van der Waals surface area (Å²) in [6.07, 6.45) is 48.4. The van der Waals surface area contributed by atoms with Crippen molar-refractivity contribution in [2.75, 3.05) is 39.6 Å².